The van der Waals surface area contributed by atoms with Crippen LogP contribution in [0.15, 0.2) is 53.1 Å². The molecule has 0 spiro atoms. The summed E-state index contributed by atoms with van der Waals surface area (Å²) in [5.41, 5.74) is -0.408. The first-order valence-corrected chi connectivity index (χ1v) is 5.97. The monoisotopic (exact) mass is 293 g/mol. The molecule has 0 saturated heterocycles. The van der Waals surface area contributed by atoms with Crippen molar-refractivity contribution in [3.63, 3.8) is 0 Å². The minimum Gasteiger partial charge on any atom is -0.393 e. The molecule has 4 heteroatoms. The molecule has 88 valence electrons. The van der Waals surface area contributed by atoms with Crippen LogP contribution in [0.4, 0.5) is 0 Å². The molecule has 0 radical (unpaired) electrons. The quantitative estimate of drug-likeness (QED) is 0.911. The van der Waals surface area contributed by atoms with Crippen molar-refractivity contribution in [2.24, 2.45) is 0 Å². The first-order valence-electron chi connectivity index (χ1n) is 5.17. The van der Waals surface area contributed by atoms with Gasteiger partial charge in [0.2, 0.25) is 0 Å². The number of pyridine rings is 1. The van der Waals surface area contributed by atoms with Gasteiger partial charge in [-0.2, -0.15) is 0 Å². The van der Waals surface area contributed by atoms with Crippen LogP contribution in [0, 0.1) is 0 Å². The standard InChI is InChI=1S/C13H12BrNO2/c14-11-6-7-12(15-8-11)13(17,9-16)10-4-2-1-3-5-10/h1-8,16-17H,9H2. The van der Waals surface area contributed by atoms with E-state index < -0.39 is 12.2 Å². The third-order valence-corrected chi connectivity index (χ3v) is 3.10. The lowest BCUT2D eigenvalue weighted by atomic mass is 9.91. The molecule has 1 unspecified atom stereocenters. The van der Waals surface area contributed by atoms with Crippen molar-refractivity contribution in [1.29, 1.82) is 0 Å². The number of aliphatic hydroxyl groups excluding tert-OH is 1. The molecule has 1 atom stereocenters. The lowest BCUT2D eigenvalue weighted by molar-refractivity contribution is 0.0137. The fourth-order valence-electron chi connectivity index (χ4n) is 1.65. The number of nitrogens with zero attached hydrogens (tertiary/aromatic N) is 1. The summed E-state index contributed by atoms with van der Waals surface area (Å²) < 4.78 is 0.828. The smallest absolute Gasteiger partial charge is 0.154 e. The van der Waals surface area contributed by atoms with Crippen LogP contribution in [0.3, 0.4) is 0 Å². The van der Waals surface area contributed by atoms with Gasteiger partial charge in [0.05, 0.1) is 12.3 Å². The highest BCUT2D eigenvalue weighted by Crippen LogP contribution is 2.28. The molecule has 1 aromatic carbocycles. The van der Waals surface area contributed by atoms with Gasteiger partial charge in [-0.15, -0.1) is 0 Å². The van der Waals surface area contributed by atoms with Crippen LogP contribution in [0.1, 0.15) is 11.3 Å². The molecule has 0 saturated carbocycles. The molecule has 0 aliphatic carbocycles. The zero-order valence-corrected chi connectivity index (χ0v) is 10.6. The van der Waals surface area contributed by atoms with E-state index in [1.54, 1.807) is 30.5 Å². The van der Waals surface area contributed by atoms with Gasteiger partial charge in [-0.3, -0.25) is 4.98 Å². The molecule has 0 amide bonds. The fraction of sp³-hybridized carbons (Fsp3) is 0.154. The van der Waals surface area contributed by atoms with Gasteiger partial charge in [0.15, 0.2) is 5.60 Å². The number of benzene rings is 1. The van der Waals surface area contributed by atoms with Crippen LogP contribution in [-0.2, 0) is 5.60 Å². The Bertz CT molecular complexity index is 487. The van der Waals surface area contributed by atoms with Crippen LogP contribution in [0.25, 0.3) is 0 Å². The van der Waals surface area contributed by atoms with Gasteiger partial charge in [0, 0.05) is 10.7 Å². The molecule has 0 fully saturated rings. The molecule has 1 aromatic heterocycles. The Hall–Kier alpha value is -1.23. The van der Waals surface area contributed by atoms with E-state index in [2.05, 4.69) is 20.9 Å². The number of hydrogen-bond donors (Lipinski definition) is 2. The van der Waals surface area contributed by atoms with E-state index in [0.717, 1.165) is 4.47 Å². The predicted molar refractivity (Wildman–Crippen MR) is 68.5 cm³/mol. The lowest BCUT2D eigenvalue weighted by Crippen LogP contribution is -2.32. The largest absolute Gasteiger partial charge is 0.393 e. The van der Waals surface area contributed by atoms with E-state index >= 15 is 0 Å². The van der Waals surface area contributed by atoms with Gasteiger partial charge in [0.25, 0.3) is 0 Å². The highest BCUT2D eigenvalue weighted by molar-refractivity contribution is 9.10. The highest BCUT2D eigenvalue weighted by Gasteiger charge is 2.31. The van der Waals surface area contributed by atoms with Crippen molar-refractivity contribution >= 4 is 15.9 Å². The second kappa shape index (κ2) is 4.96. The first-order chi connectivity index (χ1) is 8.16. The van der Waals surface area contributed by atoms with Crippen LogP contribution in [0.5, 0.6) is 0 Å². The van der Waals surface area contributed by atoms with Gasteiger partial charge in [-0.05, 0) is 33.6 Å². The minimum atomic E-state index is -1.46. The Labute approximate surface area is 108 Å². The molecule has 2 aromatic rings. The summed E-state index contributed by atoms with van der Waals surface area (Å²) in [4.78, 5) is 4.14. The third kappa shape index (κ3) is 2.39. The SMILES string of the molecule is OCC(O)(c1ccccc1)c1ccc(Br)cn1. The Morgan fingerprint density at radius 2 is 1.82 bits per heavy atom. The zero-order valence-electron chi connectivity index (χ0n) is 9.05. The molecule has 3 nitrogen and oxygen atoms in total. The summed E-state index contributed by atoms with van der Waals surface area (Å²) in [6.45, 7) is -0.411. The van der Waals surface area contributed by atoms with Crippen molar-refractivity contribution < 1.29 is 10.2 Å². The van der Waals surface area contributed by atoms with Gasteiger partial charge in [-0.25, -0.2) is 0 Å². The summed E-state index contributed by atoms with van der Waals surface area (Å²) in [6, 6.07) is 12.5. The second-order valence-corrected chi connectivity index (χ2v) is 4.66. The van der Waals surface area contributed by atoms with E-state index in [1.165, 1.54) is 0 Å². The van der Waals surface area contributed by atoms with E-state index in [1.807, 2.05) is 18.2 Å². The highest BCUT2D eigenvalue weighted by atomic mass is 79.9. The van der Waals surface area contributed by atoms with Gasteiger partial charge in [0.1, 0.15) is 0 Å². The lowest BCUT2D eigenvalue weighted by Gasteiger charge is -2.25. The van der Waals surface area contributed by atoms with E-state index in [9.17, 15) is 10.2 Å². The average molecular weight is 294 g/mol. The molecule has 0 aliphatic heterocycles. The number of halogens is 1. The molecule has 1 heterocycles. The fourth-order valence-corrected chi connectivity index (χ4v) is 1.89. The van der Waals surface area contributed by atoms with Crippen LogP contribution in [0.2, 0.25) is 0 Å². The molecule has 0 bridgehead atoms. The second-order valence-electron chi connectivity index (χ2n) is 3.75. The Balaban J connectivity index is 2.48. The minimum absolute atomic E-state index is 0.411. The van der Waals surface area contributed by atoms with E-state index in [-0.39, 0.29) is 0 Å². The van der Waals surface area contributed by atoms with Crippen LogP contribution in [-0.4, -0.2) is 21.8 Å². The van der Waals surface area contributed by atoms with Crippen LogP contribution >= 0.6 is 15.9 Å². The van der Waals surface area contributed by atoms with E-state index in [4.69, 9.17) is 0 Å². The summed E-state index contributed by atoms with van der Waals surface area (Å²) in [5, 5.41) is 20.0. The molecule has 17 heavy (non-hydrogen) atoms. The summed E-state index contributed by atoms with van der Waals surface area (Å²) in [5.74, 6) is 0. The normalized spacial score (nSPS) is 14.3. The maximum atomic E-state index is 10.5. The topological polar surface area (TPSA) is 53.4 Å². The van der Waals surface area contributed by atoms with Gasteiger partial charge in [-0.1, -0.05) is 30.3 Å². The van der Waals surface area contributed by atoms with Crippen molar-refractivity contribution in [3.05, 3.63) is 64.4 Å². The average Bonchev–Trinajstić information content (AvgIpc) is 2.40. The number of aromatic nitrogens is 1. The Morgan fingerprint density at radius 3 is 2.35 bits per heavy atom. The van der Waals surface area contributed by atoms with Crippen molar-refractivity contribution in [2.45, 2.75) is 5.60 Å². The Morgan fingerprint density at radius 1 is 1.12 bits per heavy atom. The maximum Gasteiger partial charge on any atom is 0.154 e. The Kier molecular flexibility index (Phi) is 3.57. The van der Waals surface area contributed by atoms with E-state index in [0.29, 0.717) is 11.3 Å². The summed E-state index contributed by atoms with van der Waals surface area (Å²) in [6.07, 6.45) is 1.60. The van der Waals surface area contributed by atoms with Crippen molar-refractivity contribution in [3.8, 4) is 0 Å². The third-order valence-electron chi connectivity index (χ3n) is 2.63. The zero-order chi connectivity index (χ0) is 12.3. The maximum absolute atomic E-state index is 10.5. The number of hydrogen-bond acceptors (Lipinski definition) is 3. The first kappa shape index (κ1) is 12.2. The molecule has 2 N–H and O–H groups in total. The molecule has 2 rings (SSSR count). The predicted octanol–water partition coefficient (Wildman–Crippen LogP) is 2.07. The number of rotatable bonds is 3. The molecule has 0 aliphatic rings. The summed E-state index contributed by atoms with van der Waals surface area (Å²) in [7, 11) is 0. The van der Waals surface area contributed by atoms with Crippen LogP contribution < -0.4 is 0 Å². The van der Waals surface area contributed by atoms with Crippen molar-refractivity contribution in [2.75, 3.05) is 6.61 Å². The summed E-state index contributed by atoms with van der Waals surface area (Å²) >= 11 is 3.28. The van der Waals surface area contributed by atoms with Gasteiger partial charge < -0.3 is 10.2 Å². The van der Waals surface area contributed by atoms with Crippen molar-refractivity contribution in [1.82, 2.24) is 4.98 Å². The number of aliphatic hydroxyl groups is 2. The molecular formula is C13H12BrNO2. The molecular weight excluding hydrogens is 282 g/mol. The van der Waals surface area contributed by atoms with Gasteiger partial charge >= 0.3 is 0 Å².